The molecule has 2 aromatic carbocycles. The molecular formula is C19H20NO5+. The summed E-state index contributed by atoms with van der Waals surface area (Å²) in [5.41, 5.74) is 4.04. The number of hydrogen-bond donors (Lipinski definition) is 2. The van der Waals surface area contributed by atoms with Crippen LogP contribution in [-0.4, -0.2) is 37.7 Å². The Kier molecular flexibility index (Phi) is 2.86. The van der Waals surface area contributed by atoms with Crippen LogP contribution in [0.2, 0.25) is 0 Å². The highest BCUT2D eigenvalue weighted by Crippen LogP contribution is 2.58. The van der Waals surface area contributed by atoms with E-state index in [2.05, 4.69) is 7.05 Å². The number of hydrogen-bond acceptors (Lipinski definition) is 5. The first-order valence-corrected chi connectivity index (χ1v) is 8.40. The first kappa shape index (κ1) is 14.9. The molecule has 0 radical (unpaired) electrons. The Morgan fingerprint density at radius 1 is 1.12 bits per heavy atom. The number of benzene rings is 2. The maximum atomic E-state index is 11.1. The van der Waals surface area contributed by atoms with Crippen LogP contribution < -0.4 is 18.7 Å². The number of nitrogens with zero attached hydrogens (tertiary/aromatic N) is 1. The summed E-state index contributed by atoms with van der Waals surface area (Å²) in [6.45, 7) is 1.06. The van der Waals surface area contributed by atoms with E-state index in [0.29, 0.717) is 16.0 Å². The van der Waals surface area contributed by atoms with Crippen molar-refractivity contribution >= 4 is 5.69 Å². The van der Waals surface area contributed by atoms with Crippen LogP contribution in [-0.2, 0) is 6.42 Å². The molecule has 0 unspecified atom stereocenters. The highest BCUT2D eigenvalue weighted by atomic mass is 16.7. The molecule has 3 atom stereocenters. The van der Waals surface area contributed by atoms with E-state index < -0.39 is 6.10 Å². The summed E-state index contributed by atoms with van der Waals surface area (Å²) < 4.78 is 16.9. The second-order valence-electron chi connectivity index (χ2n) is 7.12. The van der Waals surface area contributed by atoms with E-state index in [1.165, 1.54) is 7.11 Å². The zero-order chi connectivity index (χ0) is 17.3. The van der Waals surface area contributed by atoms with E-state index in [1.807, 2.05) is 18.2 Å². The molecule has 25 heavy (non-hydrogen) atoms. The quantitative estimate of drug-likeness (QED) is 0.779. The molecule has 2 N–H and O–H groups in total. The number of aromatic hydroxyl groups is 1. The van der Waals surface area contributed by atoms with Gasteiger partial charge < -0.3 is 24.4 Å². The molecule has 3 aliphatic rings. The normalized spacial score (nSPS) is 28.3. The van der Waals surface area contributed by atoms with Crippen molar-refractivity contribution in [3.63, 3.8) is 0 Å². The summed E-state index contributed by atoms with van der Waals surface area (Å²) in [7, 11) is 3.68. The van der Waals surface area contributed by atoms with Gasteiger partial charge in [-0.25, -0.2) is 0 Å². The zero-order valence-electron chi connectivity index (χ0n) is 14.2. The molecule has 0 amide bonds. The number of aliphatic hydroxyl groups is 1. The van der Waals surface area contributed by atoms with Crippen molar-refractivity contribution in [3.8, 4) is 23.0 Å². The molecule has 3 heterocycles. The van der Waals surface area contributed by atoms with Gasteiger partial charge in [-0.15, -0.1) is 0 Å². The van der Waals surface area contributed by atoms with E-state index in [9.17, 15) is 10.2 Å². The van der Waals surface area contributed by atoms with Gasteiger partial charge in [0.25, 0.3) is 0 Å². The molecule has 3 aliphatic heterocycles. The fraction of sp³-hybridized carbons (Fsp3) is 0.368. The van der Waals surface area contributed by atoms with Crippen molar-refractivity contribution in [1.29, 1.82) is 0 Å². The molecular weight excluding hydrogens is 322 g/mol. The van der Waals surface area contributed by atoms with Gasteiger partial charge in [0.2, 0.25) is 6.79 Å². The Labute approximate surface area is 145 Å². The van der Waals surface area contributed by atoms with Crippen LogP contribution in [0.5, 0.6) is 23.0 Å². The third-order valence-corrected chi connectivity index (χ3v) is 5.91. The first-order valence-electron chi connectivity index (χ1n) is 8.40. The summed E-state index contributed by atoms with van der Waals surface area (Å²) in [5.74, 6) is 2.00. The number of phenolic OH excluding ortho intramolecular Hbond substituents is 1. The van der Waals surface area contributed by atoms with Crippen LogP contribution in [0.15, 0.2) is 24.3 Å². The van der Waals surface area contributed by atoms with E-state index in [4.69, 9.17) is 14.2 Å². The van der Waals surface area contributed by atoms with Gasteiger partial charge in [0.1, 0.15) is 11.8 Å². The fourth-order valence-electron chi connectivity index (χ4n) is 4.63. The van der Waals surface area contributed by atoms with E-state index in [-0.39, 0.29) is 18.6 Å². The van der Waals surface area contributed by atoms with Gasteiger partial charge in [0.15, 0.2) is 29.0 Å². The van der Waals surface area contributed by atoms with Gasteiger partial charge >= 0.3 is 0 Å². The van der Waals surface area contributed by atoms with Crippen LogP contribution in [0, 0.1) is 0 Å². The van der Waals surface area contributed by atoms with E-state index >= 15 is 0 Å². The number of phenols is 1. The van der Waals surface area contributed by atoms with Crippen molar-refractivity contribution in [2.45, 2.75) is 18.6 Å². The molecule has 2 aromatic rings. The lowest BCUT2D eigenvalue weighted by molar-refractivity contribution is 0.0849. The lowest BCUT2D eigenvalue weighted by atomic mass is 9.88. The molecule has 0 aliphatic carbocycles. The highest BCUT2D eigenvalue weighted by Gasteiger charge is 2.54. The van der Waals surface area contributed by atoms with Gasteiger partial charge in [-0.3, -0.25) is 4.48 Å². The number of quaternary nitrogens is 1. The summed E-state index contributed by atoms with van der Waals surface area (Å²) in [5, 5.41) is 21.2. The van der Waals surface area contributed by atoms with Crippen molar-refractivity contribution in [3.05, 3.63) is 41.0 Å². The van der Waals surface area contributed by atoms with Gasteiger partial charge in [0, 0.05) is 18.1 Å². The minimum atomic E-state index is -0.650. The first-order chi connectivity index (χ1) is 12.0. The number of ether oxygens (including phenoxy) is 3. The smallest absolute Gasteiger partial charge is 0.231 e. The fourth-order valence-corrected chi connectivity index (χ4v) is 4.63. The van der Waals surface area contributed by atoms with Crippen molar-refractivity contribution in [2.24, 2.45) is 0 Å². The number of methoxy groups -OCH3 is 1. The molecule has 0 saturated heterocycles. The molecule has 0 bridgehead atoms. The van der Waals surface area contributed by atoms with E-state index in [0.717, 1.165) is 41.1 Å². The van der Waals surface area contributed by atoms with Crippen LogP contribution in [0.1, 0.15) is 28.8 Å². The zero-order valence-corrected chi connectivity index (χ0v) is 14.2. The van der Waals surface area contributed by atoms with Gasteiger partial charge in [0.05, 0.1) is 26.3 Å². The van der Waals surface area contributed by atoms with Crippen molar-refractivity contribution in [2.75, 3.05) is 27.5 Å². The number of rotatable bonds is 1. The lowest BCUT2D eigenvalue weighted by Gasteiger charge is -2.41. The maximum absolute atomic E-state index is 11.1. The number of likely N-dealkylation sites (N-methyl/N-ethyl adjacent to an activating group) is 1. The Bertz CT molecular complexity index is 896. The summed E-state index contributed by atoms with van der Waals surface area (Å²) >= 11 is 0. The molecule has 0 saturated carbocycles. The Morgan fingerprint density at radius 2 is 1.88 bits per heavy atom. The monoisotopic (exact) mass is 342 g/mol. The standard InChI is InChI=1S/C19H19NO5/c1-20-4-3-10-5-14(21)15(23-2)6-11(10)18(20)19(22)12-7-16-17(8-13(12)20)25-9-24-16/h5-8,18-19,22H,3-4,9H2,1-2H3/p+1/t18-,19+,20+/m0/s1. The molecule has 0 aromatic heterocycles. The maximum Gasteiger partial charge on any atom is 0.231 e. The van der Waals surface area contributed by atoms with Crippen molar-refractivity contribution < 1.29 is 24.4 Å². The largest absolute Gasteiger partial charge is 0.504 e. The van der Waals surface area contributed by atoms with Gasteiger partial charge in [-0.1, -0.05) is 0 Å². The Balaban J connectivity index is 1.71. The second kappa shape index (κ2) is 4.80. The molecule has 5 rings (SSSR count). The summed E-state index contributed by atoms with van der Waals surface area (Å²) in [6.07, 6.45) is 0.170. The number of fused-ring (bicyclic) bond motifs is 6. The molecule has 6 nitrogen and oxygen atoms in total. The Hall–Kier alpha value is -2.44. The molecule has 0 fully saturated rings. The average molecular weight is 342 g/mol. The van der Waals surface area contributed by atoms with E-state index in [1.54, 1.807) is 6.07 Å². The SMILES string of the molecule is COc1cc2c(cc1O)CC[N@+]1(C)c3cc4c(cc3[C@@H](O)[C@H]21)OCO4. The second-order valence-corrected chi connectivity index (χ2v) is 7.12. The predicted molar refractivity (Wildman–Crippen MR) is 91.2 cm³/mol. The summed E-state index contributed by atoms with van der Waals surface area (Å²) in [4.78, 5) is 0. The van der Waals surface area contributed by atoms with Crippen LogP contribution in [0.25, 0.3) is 0 Å². The van der Waals surface area contributed by atoms with Crippen LogP contribution in [0.3, 0.4) is 0 Å². The minimum absolute atomic E-state index is 0.142. The third kappa shape index (κ3) is 1.81. The molecule has 6 heteroatoms. The minimum Gasteiger partial charge on any atom is -0.504 e. The van der Waals surface area contributed by atoms with Crippen LogP contribution >= 0.6 is 0 Å². The summed E-state index contributed by atoms with van der Waals surface area (Å²) in [6, 6.07) is 7.39. The number of aliphatic hydroxyl groups excluding tert-OH is 1. The predicted octanol–water partition coefficient (Wildman–Crippen LogP) is 2.41. The topological polar surface area (TPSA) is 68.2 Å². The third-order valence-electron chi connectivity index (χ3n) is 5.91. The van der Waals surface area contributed by atoms with Gasteiger partial charge in [-0.2, -0.15) is 0 Å². The lowest BCUT2D eigenvalue weighted by Crippen LogP contribution is -2.50. The van der Waals surface area contributed by atoms with Crippen molar-refractivity contribution in [1.82, 2.24) is 4.48 Å². The average Bonchev–Trinajstić information content (AvgIpc) is 3.14. The molecule has 130 valence electrons. The van der Waals surface area contributed by atoms with Crippen LogP contribution in [0.4, 0.5) is 5.69 Å². The Morgan fingerprint density at radius 3 is 2.64 bits per heavy atom. The van der Waals surface area contributed by atoms with Gasteiger partial charge in [-0.05, 0) is 23.8 Å². The highest BCUT2D eigenvalue weighted by molar-refractivity contribution is 5.67. The molecule has 0 spiro atoms.